The fourth-order valence-corrected chi connectivity index (χ4v) is 2.32. The Kier molecular flexibility index (Phi) is 9.24. The molecule has 0 radical (unpaired) electrons. The number of rotatable bonds is 9. The predicted octanol–water partition coefficient (Wildman–Crippen LogP) is 5.67. The smallest absolute Gasteiger partial charge is 0.0414 e. The highest BCUT2D eigenvalue weighted by molar-refractivity contribution is 4.60. The first-order chi connectivity index (χ1) is 7.06. The predicted molar refractivity (Wildman–Crippen MR) is 71.2 cm³/mol. The first-order valence-electron chi connectivity index (χ1n) is 7.06. The minimum Gasteiger partial charge on any atom is -0.0651 e. The average Bonchev–Trinajstić information content (AvgIpc) is 2.14. The van der Waals surface area contributed by atoms with Crippen LogP contribution in [-0.4, -0.2) is 0 Å². The summed E-state index contributed by atoms with van der Waals surface area (Å²) in [7, 11) is 0. The second kappa shape index (κ2) is 9.24. The molecular weight excluding hydrogens is 180 g/mol. The van der Waals surface area contributed by atoms with Gasteiger partial charge in [0.05, 0.1) is 0 Å². The van der Waals surface area contributed by atoms with E-state index in [-0.39, 0.29) is 0 Å². The van der Waals surface area contributed by atoms with E-state index in [1.54, 1.807) is 0 Å². The van der Waals surface area contributed by atoms with Gasteiger partial charge in [0.25, 0.3) is 0 Å². The summed E-state index contributed by atoms with van der Waals surface area (Å²) in [5, 5.41) is 0. The third-order valence-electron chi connectivity index (χ3n) is 3.28. The fraction of sp³-hybridized carbons (Fsp3) is 1.00. The minimum absolute atomic E-state index is 0.880. The zero-order chi connectivity index (χ0) is 11.7. The third kappa shape index (κ3) is 10.3. The van der Waals surface area contributed by atoms with Crippen LogP contribution in [0.2, 0.25) is 0 Å². The summed E-state index contributed by atoms with van der Waals surface area (Å²) in [6, 6.07) is 0. The summed E-state index contributed by atoms with van der Waals surface area (Å²) in [5.74, 6) is 2.76. The molecule has 0 fully saturated rings. The average molecular weight is 212 g/mol. The highest BCUT2D eigenvalue weighted by Crippen LogP contribution is 2.22. The zero-order valence-corrected chi connectivity index (χ0v) is 11.7. The highest BCUT2D eigenvalue weighted by atomic mass is 14.1. The molecule has 0 aliphatic heterocycles. The Morgan fingerprint density at radius 1 is 0.733 bits per heavy atom. The monoisotopic (exact) mass is 212 g/mol. The van der Waals surface area contributed by atoms with Crippen LogP contribution >= 0.6 is 0 Å². The van der Waals surface area contributed by atoms with Gasteiger partial charge in [-0.2, -0.15) is 0 Å². The van der Waals surface area contributed by atoms with Crippen LogP contribution in [0.3, 0.4) is 0 Å². The SMILES string of the molecule is CCC(CCCCCC(C)C)CC(C)C. The Morgan fingerprint density at radius 2 is 1.33 bits per heavy atom. The van der Waals surface area contributed by atoms with Gasteiger partial charge in [-0.05, 0) is 24.2 Å². The van der Waals surface area contributed by atoms with E-state index in [9.17, 15) is 0 Å². The molecule has 15 heavy (non-hydrogen) atoms. The van der Waals surface area contributed by atoms with Gasteiger partial charge in [-0.1, -0.05) is 73.1 Å². The van der Waals surface area contributed by atoms with Gasteiger partial charge in [0.15, 0.2) is 0 Å². The molecule has 0 aliphatic carbocycles. The van der Waals surface area contributed by atoms with Crippen molar-refractivity contribution in [1.29, 1.82) is 0 Å². The number of hydrogen-bond acceptors (Lipinski definition) is 0. The lowest BCUT2D eigenvalue weighted by Crippen LogP contribution is -2.03. The molecule has 0 heteroatoms. The van der Waals surface area contributed by atoms with Gasteiger partial charge >= 0.3 is 0 Å². The molecule has 0 nitrogen and oxygen atoms in total. The second-order valence-electron chi connectivity index (χ2n) is 5.94. The molecule has 1 atom stereocenters. The molecular formula is C15H32. The Hall–Kier alpha value is 0. The van der Waals surface area contributed by atoms with E-state index in [0.29, 0.717) is 0 Å². The van der Waals surface area contributed by atoms with Crippen LogP contribution < -0.4 is 0 Å². The van der Waals surface area contributed by atoms with E-state index in [0.717, 1.165) is 17.8 Å². The lowest BCUT2D eigenvalue weighted by molar-refractivity contribution is 0.360. The van der Waals surface area contributed by atoms with Crippen LogP contribution in [0.4, 0.5) is 0 Å². The van der Waals surface area contributed by atoms with E-state index < -0.39 is 0 Å². The van der Waals surface area contributed by atoms with Crippen molar-refractivity contribution < 1.29 is 0 Å². The van der Waals surface area contributed by atoms with Crippen LogP contribution in [0, 0.1) is 17.8 Å². The maximum atomic E-state index is 2.35. The molecule has 0 N–H and O–H groups in total. The zero-order valence-electron chi connectivity index (χ0n) is 11.7. The number of unbranched alkanes of at least 4 members (excludes halogenated alkanes) is 2. The molecule has 0 heterocycles. The van der Waals surface area contributed by atoms with Crippen LogP contribution in [-0.2, 0) is 0 Å². The molecule has 0 amide bonds. The Labute approximate surface area is 97.8 Å². The van der Waals surface area contributed by atoms with Crippen molar-refractivity contribution in [3.8, 4) is 0 Å². The van der Waals surface area contributed by atoms with E-state index in [1.807, 2.05) is 0 Å². The van der Waals surface area contributed by atoms with Crippen LogP contribution in [0.1, 0.15) is 79.6 Å². The van der Waals surface area contributed by atoms with Crippen molar-refractivity contribution in [2.75, 3.05) is 0 Å². The Balaban J connectivity index is 3.38. The summed E-state index contributed by atoms with van der Waals surface area (Å²) in [6.45, 7) is 11.7. The molecule has 92 valence electrons. The molecule has 0 spiro atoms. The standard InChI is InChI=1S/C15H32/c1-6-15(12-14(4)5)11-9-7-8-10-13(2)3/h13-15H,6-12H2,1-5H3. The fourth-order valence-electron chi connectivity index (χ4n) is 2.32. The van der Waals surface area contributed by atoms with Crippen LogP contribution in [0.25, 0.3) is 0 Å². The molecule has 0 aromatic heterocycles. The Bertz CT molecular complexity index is 124. The summed E-state index contributed by atoms with van der Waals surface area (Å²) in [6.07, 6.45) is 10.0. The lowest BCUT2D eigenvalue weighted by atomic mass is 9.90. The molecule has 0 aromatic carbocycles. The van der Waals surface area contributed by atoms with Crippen LogP contribution in [0.5, 0.6) is 0 Å². The molecule has 0 saturated heterocycles. The van der Waals surface area contributed by atoms with Crippen molar-refractivity contribution in [2.24, 2.45) is 17.8 Å². The molecule has 0 bridgehead atoms. The van der Waals surface area contributed by atoms with Crippen molar-refractivity contribution >= 4 is 0 Å². The van der Waals surface area contributed by atoms with Crippen LogP contribution in [0.15, 0.2) is 0 Å². The van der Waals surface area contributed by atoms with Gasteiger partial charge in [-0.25, -0.2) is 0 Å². The topological polar surface area (TPSA) is 0 Å². The first kappa shape index (κ1) is 15.0. The molecule has 0 aliphatic rings. The molecule has 1 unspecified atom stereocenters. The van der Waals surface area contributed by atoms with E-state index in [2.05, 4.69) is 34.6 Å². The summed E-state index contributed by atoms with van der Waals surface area (Å²) < 4.78 is 0. The highest BCUT2D eigenvalue weighted by Gasteiger charge is 2.08. The quantitative estimate of drug-likeness (QED) is 0.432. The van der Waals surface area contributed by atoms with Gasteiger partial charge in [-0.15, -0.1) is 0 Å². The molecule has 0 aromatic rings. The largest absolute Gasteiger partial charge is 0.0651 e. The van der Waals surface area contributed by atoms with Gasteiger partial charge in [0.1, 0.15) is 0 Å². The van der Waals surface area contributed by atoms with Gasteiger partial charge in [0.2, 0.25) is 0 Å². The summed E-state index contributed by atoms with van der Waals surface area (Å²) >= 11 is 0. The second-order valence-corrected chi connectivity index (χ2v) is 5.94. The lowest BCUT2D eigenvalue weighted by Gasteiger charge is -2.16. The first-order valence-corrected chi connectivity index (χ1v) is 7.06. The van der Waals surface area contributed by atoms with Crippen molar-refractivity contribution in [1.82, 2.24) is 0 Å². The maximum Gasteiger partial charge on any atom is -0.0414 e. The van der Waals surface area contributed by atoms with Crippen molar-refractivity contribution in [2.45, 2.75) is 79.6 Å². The normalized spacial score (nSPS) is 13.8. The molecule has 0 saturated carbocycles. The van der Waals surface area contributed by atoms with E-state index >= 15 is 0 Å². The maximum absolute atomic E-state index is 2.35. The molecule has 0 rings (SSSR count). The van der Waals surface area contributed by atoms with Gasteiger partial charge in [-0.3, -0.25) is 0 Å². The minimum atomic E-state index is 0.880. The van der Waals surface area contributed by atoms with Gasteiger partial charge < -0.3 is 0 Å². The Morgan fingerprint density at radius 3 is 1.80 bits per heavy atom. The van der Waals surface area contributed by atoms with E-state index in [4.69, 9.17) is 0 Å². The summed E-state index contributed by atoms with van der Waals surface area (Å²) in [4.78, 5) is 0. The number of hydrogen-bond donors (Lipinski definition) is 0. The van der Waals surface area contributed by atoms with Gasteiger partial charge in [0, 0.05) is 0 Å². The van der Waals surface area contributed by atoms with Crippen molar-refractivity contribution in [3.05, 3.63) is 0 Å². The summed E-state index contributed by atoms with van der Waals surface area (Å²) in [5.41, 5.74) is 0. The third-order valence-corrected chi connectivity index (χ3v) is 3.28. The van der Waals surface area contributed by atoms with E-state index in [1.165, 1.54) is 44.9 Å². The van der Waals surface area contributed by atoms with Crippen molar-refractivity contribution in [3.63, 3.8) is 0 Å².